The van der Waals surface area contributed by atoms with Crippen molar-refractivity contribution in [2.75, 3.05) is 22.3 Å². The van der Waals surface area contributed by atoms with Crippen LogP contribution in [-0.2, 0) is 14.8 Å². The SMILES string of the molecule is Cc1ccc(N2C(=O)N(CC(=O)NCCC(C)C)c3ccccc3S2(=O)=O)cc1. The number of urea groups is 1. The predicted octanol–water partition coefficient (Wildman–Crippen LogP) is 3.29. The van der Waals surface area contributed by atoms with Crippen molar-refractivity contribution >= 4 is 33.3 Å². The fourth-order valence-electron chi connectivity index (χ4n) is 3.09. The van der Waals surface area contributed by atoms with Gasteiger partial charge in [-0.05, 0) is 43.5 Å². The Morgan fingerprint density at radius 2 is 1.72 bits per heavy atom. The number of nitrogens with zero attached hydrogens (tertiary/aromatic N) is 2. The zero-order valence-corrected chi connectivity index (χ0v) is 17.6. The first kappa shape index (κ1) is 20.9. The van der Waals surface area contributed by atoms with Crippen molar-refractivity contribution in [3.63, 3.8) is 0 Å². The Kier molecular flexibility index (Phi) is 5.93. The summed E-state index contributed by atoms with van der Waals surface area (Å²) >= 11 is 0. The van der Waals surface area contributed by atoms with Gasteiger partial charge < -0.3 is 5.32 Å². The molecule has 0 aromatic heterocycles. The number of hydrogen-bond acceptors (Lipinski definition) is 4. The third kappa shape index (κ3) is 4.27. The molecule has 29 heavy (non-hydrogen) atoms. The van der Waals surface area contributed by atoms with Crippen molar-refractivity contribution in [3.05, 3.63) is 54.1 Å². The van der Waals surface area contributed by atoms with Crippen molar-refractivity contribution in [1.82, 2.24) is 5.32 Å². The molecule has 0 radical (unpaired) electrons. The van der Waals surface area contributed by atoms with E-state index in [1.807, 2.05) is 6.92 Å². The van der Waals surface area contributed by atoms with E-state index < -0.39 is 16.1 Å². The molecule has 3 rings (SSSR count). The second-order valence-corrected chi connectivity index (χ2v) is 9.23. The second kappa shape index (κ2) is 8.24. The van der Waals surface area contributed by atoms with Gasteiger partial charge in [-0.1, -0.05) is 43.7 Å². The molecule has 0 aliphatic carbocycles. The van der Waals surface area contributed by atoms with Crippen molar-refractivity contribution < 1.29 is 18.0 Å². The summed E-state index contributed by atoms with van der Waals surface area (Å²) in [7, 11) is -4.08. The van der Waals surface area contributed by atoms with Gasteiger partial charge in [0.25, 0.3) is 10.0 Å². The lowest BCUT2D eigenvalue weighted by Gasteiger charge is -2.35. The van der Waals surface area contributed by atoms with E-state index in [1.54, 1.807) is 42.5 Å². The van der Waals surface area contributed by atoms with Crippen LogP contribution in [0.3, 0.4) is 0 Å². The maximum absolute atomic E-state index is 13.2. The standard InChI is InChI=1S/C21H25N3O4S/c1-15(2)12-13-22-20(25)14-23-18-6-4-5-7-19(18)29(27,28)24(21(23)26)17-10-8-16(3)9-11-17/h4-11,15H,12-14H2,1-3H3,(H,22,25). The van der Waals surface area contributed by atoms with E-state index in [1.165, 1.54) is 11.0 Å². The minimum Gasteiger partial charge on any atom is -0.355 e. The number of para-hydroxylation sites is 1. The molecule has 2 aromatic carbocycles. The van der Waals surface area contributed by atoms with Crippen molar-refractivity contribution in [2.45, 2.75) is 32.1 Å². The quantitative estimate of drug-likeness (QED) is 0.784. The summed E-state index contributed by atoms with van der Waals surface area (Å²) in [5.74, 6) is 0.103. The van der Waals surface area contributed by atoms with Crippen molar-refractivity contribution in [3.8, 4) is 0 Å². The van der Waals surface area contributed by atoms with Crippen LogP contribution in [0.2, 0.25) is 0 Å². The van der Waals surface area contributed by atoms with E-state index in [0.717, 1.165) is 16.3 Å². The fourth-order valence-corrected chi connectivity index (χ4v) is 4.69. The maximum atomic E-state index is 13.2. The van der Waals surface area contributed by atoms with Crippen LogP contribution in [0.25, 0.3) is 0 Å². The number of aryl methyl sites for hydroxylation is 1. The van der Waals surface area contributed by atoms with Crippen LogP contribution in [0.4, 0.5) is 16.2 Å². The molecule has 3 amide bonds. The Labute approximate surface area is 171 Å². The van der Waals surface area contributed by atoms with Crippen LogP contribution in [0.15, 0.2) is 53.4 Å². The van der Waals surface area contributed by atoms with Gasteiger partial charge in [0, 0.05) is 6.54 Å². The molecular weight excluding hydrogens is 390 g/mol. The number of amides is 3. The van der Waals surface area contributed by atoms with E-state index in [4.69, 9.17) is 0 Å². The first-order chi connectivity index (χ1) is 13.7. The number of benzene rings is 2. The van der Waals surface area contributed by atoms with E-state index in [2.05, 4.69) is 19.2 Å². The third-order valence-corrected chi connectivity index (χ3v) is 6.44. The molecule has 1 aliphatic heterocycles. The zero-order chi connectivity index (χ0) is 21.2. The summed E-state index contributed by atoms with van der Waals surface area (Å²) in [6, 6.07) is 12.1. The Bertz CT molecular complexity index is 1020. The summed E-state index contributed by atoms with van der Waals surface area (Å²) in [5.41, 5.74) is 1.39. The van der Waals surface area contributed by atoms with Crippen LogP contribution in [0, 0.1) is 12.8 Å². The van der Waals surface area contributed by atoms with Gasteiger partial charge >= 0.3 is 6.03 Å². The topological polar surface area (TPSA) is 86.8 Å². The van der Waals surface area contributed by atoms with E-state index in [0.29, 0.717) is 12.5 Å². The summed E-state index contributed by atoms with van der Waals surface area (Å²) in [6.45, 7) is 6.23. The van der Waals surface area contributed by atoms with Gasteiger partial charge in [-0.2, -0.15) is 4.31 Å². The summed E-state index contributed by atoms with van der Waals surface area (Å²) in [6.07, 6.45) is 0.820. The number of nitrogens with one attached hydrogen (secondary N) is 1. The van der Waals surface area contributed by atoms with Gasteiger partial charge in [0.15, 0.2) is 0 Å². The molecule has 8 heteroatoms. The molecule has 0 atom stereocenters. The van der Waals surface area contributed by atoms with E-state index in [-0.39, 0.29) is 28.7 Å². The molecule has 1 N–H and O–H groups in total. The average molecular weight is 416 g/mol. The summed E-state index contributed by atoms with van der Waals surface area (Å²) in [5, 5.41) is 2.79. The Morgan fingerprint density at radius 1 is 1.07 bits per heavy atom. The number of rotatable bonds is 6. The second-order valence-electron chi connectivity index (χ2n) is 7.47. The lowest BCUT2D eigenvalue weighted by molar-refractivity contribution is -0.119. The minimum atomic E-state index is -4.08. The molecule has 0 saturated carbocycles. The molecule has 0 bridgehead atoms. The molecule has 0 unspecified atom stereocenters. The lowest BCUT2D eigenvalue weighted by Crippen LogP contribution is -2.53. The largest absolute Gasteiger partial charge is 0.355 e. The average Bonchev–Trinajstić information content (AvgIpc) is 2.66. The van der Waals surface area contributed by atoms with Gasteiger partial charge in [0.05, 0.1) is 11.4 Å². The normalized spacial score (nSPS) is 15.4. The highest BCUT2D eigenvalue weighted by Crippen LogP contribution is 2.36. The van der Waals surface area contributed by atoms with Gasteiger partial charge in [-0.3, -0.25) is 9.69 Å². The number of hydrogen-bond donors (Lipinski definition) is 1. The summed E-state index contributed by atoms with van der Waals surface area (Å²) < 4.78 is 27.1. The number of carbonyl (C=O) groups is 2. The Morgan fingerprint density at radius 3 is 2.38 bits per heavy atom. The first-order valence-corrected chi connectivity index (χ1v) is 10.9. The van der Waals surface area contributed by atoms with Crippen molar-refractivity contribution in [2.24, 2.45) is 5.92 Å². The molecule has 7 nitrogen and oxygen atoms in total. The minimum absolute atomic E-state index is 0.00449. The lowest BCUT2D eigenvalue weighted by atomic mass is 10.1. The van der Waals surface area contributed by atoms with Gasteiger partial charge in [0.1, 0.15) is 11.4 Å². The molecule has 1 heterocycles. The Balaban J connectivity index is 1.97. The molecule has 0 saturated heterocycles. The van der Waals surface area contributed by atoms with Crippen LogP contribution in [0.1, 0.15) is 25.8 Å². The number of sulfonamides is 1. The third-order valence-electron chi connectivity index (χ3n) is 4.69. The first-order valence-electron chi connectivity index (χ1n) is 9.51. The molecule has 0 fully saturated rings. The van der Waals surface area contributed by atoms with E-state index >= 15 is 0 Å². The highest BCUT2D eigenvalue weighted by atomic mass is 32.2. The highest BCUT2D eigenvalue weighted by molar-refractivity contribution is 7.94. The highest BCUT2D eigenvalue weighted by Gasteiger charge is 2.42. The maximum Gasteiger partial charge on any atom is 0.343 e. The molecular formula is C21H25N3O4S. The summed E-state index contributed by atoms with van der Waals surface area (Å²) in [4.78, 5) is 26.8. The van der Waals surface area contributed by atoms with Gasteiger partial charge in [-0.15, -0.1) is 0 Å². The van der Waals surface area contributed by atoms with Crippen LogP contribution >= 0.6 is 0 Å². The predicted molar refractivity (Wildman–Crippen MR) is 112 cm³/mol. The number of carbonyl (C=O) groups excluding carboxylic acids is 2. The molecule has 2 aromatic rings. The smallest absolute Gasteiger partial charge is 0.343 e. The van der Waals surface area contributed by atoms with Gasteiger partial charge in [-0.25, -0.2) is 13.2 Å². The van der Waals surface area contributed by atoms with Gasteiger partial charge in [0.2, 0.25) is 5.91 Å². The Hall–Kier alpha value is -2.87. The van der Waals surface area contributed by atoms with Crippen LogP contribution in [-0.4, -0.2) is 33.4 Å². The molecule has 154 valence electrons. The van der Waals surface area contributed by atoms with Crippen LogP contribution in [0.5, 0.6) is 0 Å². The fraction of sp³-hybridized carbons (Fsp3) is 0.333. The van der Waals surface area contributed by atoms with E-state index in [9.17, 15) is 18.0 Å². The number of anilines is 2. The monoisotopic (exact) mass is 415 g/mol. The molecule has 0 spiro atoms. The van der Waals surface area contributed by atoms with Crippen LogP contribution < -0.4 is 14.5 Å². The van der Waals surface area contributed by atoms with Crippen molar-refractivity contribution in [1.29, 1.82) is 0 Å². The zero-order valence-electron chi connectivity index (χ0n) is 16.8. The number of fused-ring (bicyclic) bond motifs is 1. The molecule has 1 aliphatic rings.